The summed E-state index contributed by atoms with van der Waals surface area (Å²) in [5.41, 5.74) is 0.409. The van der Waals surface area contributed by atoms with E-state index in [9.17, 15) is 29.6 Å². The van der Waals surface area contributed by atoms with Crippen molar-refractivity contribution in [3.63, 3.8) is 0 Å². The lowest BCUT2D eigenvalue weighted by atomic mass is 9.82. The summed E-state index contributed by atoms with van der Waals surface area (Å²) < 4.78 is 6.52. The number of rotatable bonds is 7. The molecule has 2 saturated heterocycles. The summed E-state index contributed by atoms with van der Waals surface area (Å²) in [4.78, 5) is 52.5. The van der Waals surface area contributed by atoms with Crippen LogP contribution in [0, 0.1) is 16.0 Å². The maximum atomic E-state index is 14.4. The van der Waals surface area contributed by atoms with E-state index in [0.29, 0.717) is 24.3 Å². The van der Waals surface area contributed by atoms with Gasteiger partial charge in [-0.05, 0) is 43.3 Å². The van der Waals surface area contributed by atoms with Gasteiger partial charge in [0.25, 0.3) is 11.6 Å². The number of non-ortho nitro benzene ring substituents is 1. The number of nitrogens with zero attached hydrogens (tertiary/aromatic N) is 3. The van der Waals surface area contributed by atoms with Crippen LogP contribution < -0.4 is 15.1 Å². The Bertz CT molecular complexity index is 1320. The first-order valence-electron chi connectivity index (χ1n) is 13.2. The molecule has 2 fully saturated rings. The molecule has 2 aromatic rings. The Balaban J connectivity index is 1.57. The topological polar surface area (TPSA) is 145 Å². The monoisotopic (exact) mass is 554 g/mol. The Hall–Kier alpha value is -3.16. The number of aliphatic hydroxyl groups excluding tert-OH is 1. The quantitative estimate of drug-likeness (QED) is 0.268. The minimum atomic E-state index is -2.88. The van der Waals surface area contributed by atoms with Gasteiger partial charge in [-0.2, -0.15) is 0 Å². The van der Waals surface area contributed by atoms with E-state index in [1.165, 1.54) is 12.1 Å². The number of hydrogen-bond donors (Lipinski definition) is 3. The smallest absolute Gasteiger partial charge is 0.269 e. The van der Waals surface area contributed by atoms with Crippen molar-refractivity contribution >= 4 is 37.2 Å². The van der Waals surface area contributed by atoms with Crippen LogP contribution in [0.5, 0.6) is 0 Å². The highest BCUT2D eigenvalue weighted by Gasteiger charge is 2.66. The zero-order valence-electron chi connectivity index (χ0n) is 22.3. The number of carbonyl (C=O) groups excluding carboxylic acids is 2. The van der Waals surface area contributed by atoms with Crippen molar-refractivity contribution in [2.75, 3.05) is 36.0 Å². The van der Waals surface area contributed by atoms with Gasteiger partial charge in [-0.3, -0.25) is 19.7 Å². The normalized spacial score (nSPS) is 26.9. The number of aliphatic hydroxyl groups is 1. The molecule has 208 valence electrons. The van der Waals surface area contributed by atoms with Crippen LogP contribution in [0.15, 0.2) is 42.5 Å². The highest BCUT2D eigenvalue weighted by atomic mass is 28.4. The zero-order chi connectivity index (χ0) is 28.1. The molecule has 2 aromatic carbocycles. The maximum absolute atomic E-state index is 14.4. The molecule has 39 heavy (non-hydrogen) atoms. The molecule has 3 N–H and O–H groups in total. The molecular weight excluding hydrogens is 520 g/mol. The molecule has 5 rings (SSSR count). The minimum Gasteiger partial charge on any atom is -0.432 e. The van der Waals surface area contributed by atoms with E-state index in [2.05, 4.69) is 5.32 Å². The van der Waals surface area contributed by atoms with Crippen LogP contribution in [0.2, 0.25) is 18.6 Å². The van der Waals surface area contributed by atoms with Gasteiger partial charge < -0.3 is 29.8 Å². The molecule has 12 heteroatoms. The van der Waals surface area contributed by atoms with Crippen LogP contribution in [0.3, 0.4) is 0 Å². The SMILES string of the molecule is C[C@@H]1[C@@H]([Si](C)(C)O)[C@H](CCO)O[C@@]12C(=O)N(Cc1cccc(N3CCNCC3=O)c1)c1ccc([N+](=O)[O-])cc12. The van der Waals surface area contributed by atoms with E-state index in [4.69, 9.17) is 4.74 Å². The summed E-state index contributed by atoms with van der Waals surface area (Å²) in [7, 11) is -2.88. The van der Waals surface area contributed by atoms with Crippen molar-refractivity contribution in [2.24, 2.45) is 5.92 Å². The van der Waals surface area contributed by atoms with Crippen LogP contribution in [0.4, 0.5) is 17.1 Å². The lowest BCUT2D eigenvalue weighted by molar-refractivity contribution is -0.385. The second-order valence-electron chi connectivity index (χ2n) is 11.1. The largest absolute Gasteiger partial charge is 0.432 e. The molecule has 0 aromatic heterocycles. The Morgan fingerprint density at radius 3 is 2.67 bits per heavy atom. The molecule has 0 bridgehead atoms. The van der Waals surface area contributed by atoms with Gasteiger partial charge in [-0.25, -0.2) is 0 Å². The predicted molar refractivity (Wildman–Crippen MR) is 147 cm³/mol. The second-order valence-corrected chi connectivity index (χ2v) is 15.1. The van der Waals surface area contributed by atoms with E-state index in [0.717, 1.165) is 11.3 Å². The Morgan fingerprint density at radius 1 is 1.23 bits per heavy atom. The van der Waals surface area contributed by atoms with Gasteiger partial charge in [-0.15, -0.1) is 0 Å². The molecule has 3 aliphatic rings. The van der Waals surface area contributed by atoms with Crippen LogP contribution in [0.25, 0.3) is 0 Å². The molecule has 11 nitrogen and oxygen atoms in total. The van der Waals surface area contributed by atoms with E-state index in [1.807, 2.05) is 31.2 Å². The number of nitro benzene ring substituents is 1. The van der Waals surface area contributed by atoms with Gasteiger partial charge in [0.2, 0.25) is 5.91 Å². The van der Waals surface area contributed by atoms with Crippen LogP contribution in [0.1, 0.15) is 24.5 Å². The molecule has 0 saturated carbocycles. The van der Waals surface area contributed by atoms with Crippen LogP contribution >= 0.6 is 0 Å². The minimum absolute atomic E-state index is 0.0304. The van der Waals surface area contributed by atoms with Crippen LogP contribution in [-0.4, -0.2) is 67.3 Å². The van der Waals surface area contributed by atoms with E-state index >= 15 is 0 Å². The lowest BCUT2D eigenvalue weighted by Crippen LogP contribution is -2.48. The third-order valence-electron chi connectivity index (χ3n) is 8.24. The number of fused-ring (bicyclic) bond motifs is 2. The highest BCUT2D eigenvalue weighted by Crippen LogP contribution is 2.60. The summed E-state index contributed by atoms with van der Waals surface area (Å²) in [6.45, 7) is 6.92. The molecule has 0 radical (unpaired) electrons. The van der Waals surface area contributed by atoms with E-state index in [1.54, 1.807) is 29.0 Å². The first kappa shape index (κ1) is 27.4. The third kappa shape index (κ3) is 4.55. The molecule has 0 unspecified atom stereocenters. The Morgan fingerprint density at radius 2 is 2.00 bits per heavy atom. The van der Waals surface area contributed by atoms with Gasteiger partial charge in [0.15, 0.2) is 13.9 Å². The number of amides is 2. The zero-order valence-corrected chi connectivity index (χ0v) is 23.3. The standard InChI is InChI=1S/C27H34N4O7Si/c1-17-25(39(2,3)37)23(9-12-32)38-27(17)21-14-20(31(35)36)7-8-22(21)30(26(27)34)16-18-5-4-6-19(13-18)29-11-10-28-15-24(29)33/h4-8,13-14,17,23,25,28,32,37H,9-12,15-16H2,1-3H3/t17-,23+,25-,27+/m1/s1. The molecular formula is C27H34N4O7Si. The number of benzene rings is 2. The fourth-order valence-corrected chi connectivity index (χ4v) is 9.22. The van der Waals surface area contributed by atoms with Crippen molar-refractivity contribution in [3.05, 3.63) is 63.7 Å². The molecule has 3 heterocycles. The number of nitrogens with one attached hydrogen (secondary N) is 1. The number of anilines is 2. The van der Waals surface area contributed by atoms with Crippen molar-refractivity contribution in [3.8, 4) is 0 Å². The first-order valence-corrected chi connectivity index (χ1v) is 16.2. The average molecular weight is 555 g/mol. The number of ether oxygens (including phenoxy) is 1. The molecule has 1 spiro atoms. The van der Waals surface area contributed by atoms with E-state index < -0.39 is 30.9 Å². The second kappa shape index (κ2) is 10.1. The Kier molecular flexibility index (Phi) is 7.10. The third-order valence-corrected chi connectivity index (χ3v) is 10.7. The van der Waals surface area contributed by atoms with Gasteiger partial charge in [-0.1, -0.05) is 19.1 Å². The average Bonchev–Trinajstić information content (AvgIpc) is 3.31. The van der Waals surface area contributed by atoms with Crippen molar-refractivity contribution in [2.45, 2.75) is 50.2 Å². The summed E-state index contributed by atoms with van der Waals surface area (Å²) in [5.74, 6) is -0.862. The summed E-state index contributed by atoms with van der Waals surface area (Å²) in [6, 6.07) is 11.8. The van der Waals surface area contributed by atoms with Crippen LogP contribution in [-0.2, 0) is 26.5 Å². The number of carbonyl (C=O) groups is 2. The van der Waals surface area contributed by atoms with Gasteiger partial charge in [0.1, 0.15) is 0 Å². The molecule has 0 aliphatic carbocycles. The first-order chi connectivity index (χ1) is 18.5. The fourth-order valence-electron chi connectivity index (χ4n) is 6.62. The van der Waals surface area contributed by atoms with Gasteiger partial charge >= 0.3 is 0 Å². The summed E-state index contributed by atoms with van der Waals surface area (Å²) in [5, 5.41) is 24.5. The maximum Gasteiger partial charge on any atom is 0.269 e. The number of piperazine rings is 1. The number of nitro groups is 1. The van der Waals surface area contributed by atoms with Crippen molar-refractivity contribution in [1.29, 1.82) is 0 Å². The molecule has 2 amide bonds. The van der Waals surface area contributed by atoms with Crippen molar-refractivity contribution < 1.29 is 29.2 Å². The summed E-state index contributed by atoms with van der Waals surface area (Å²) >= 11 is 0. The molecule has 4 atom stereocenters. The number of hydrogen-bond acceptors (Lipinski definition) is 8. The van der Waals surface area contributed by atoms with Gasteiger partial charge in [0, 0.05) is 54.5 Å². The van der Waals surface area contributed by atoms with Gasteiger partial charge in [0.05, 0.1) is 29.8 Å². The predicted octanol–water partition coefficient (Wildman–Crippen LogP) is 2.26. The summed E-state index contributed by atoms with van der Waals surface area (Å²) in [6.07, 6.45) is -0.332. The molecule has 3 aliphatic heterocycles. The Labute approximate surface area is 227 Å². The lowest BCUT2D eigenvalue weighted by Gasteiger charge is -2.32. The highest BCUT2D eigenvalue weighted by molar-refractivity contribution is 6.71. The fraction of sp³-hybridized carbons (Fsp3) is 0.481. The van der Waals surface area contributed by atoms with E-state index in [-0.39, 0.29) is 49.2 Å². The van der Waals surface area contributed by atoms with Crippen molar-refractivity contribution in [1.82, 2.24) is 5.32 Å².